The van der Waals surface area contributed by atoms with Crippen molar-refractivity contribution in [2.75, 3.05) is 10.6 Å². The summed E-state index contributed by atoms with van der Waals surface area (Å²) in [5.41, 5.74) is 2.64. The second-order valence-corrected chi connectivity index (χ2v) is 7.23. The van der Waals surface area contributed by atoms with Crippen LogP contribution in [0.4, 0.5) is 11.4 Å². The minimum Gasteiger partial charge on any atom is -0.444 e. The van der Waals surface area contributed by atoms with Crippen LogP contribution in [0.15, 0.2) is 94.3 Å². The van der Waals surface area contributed by atoms with Crippen LogP contribution in [0.5, 0.6) is 0 Å². The predicted octanol–water partition coefficient (Wildman–Crippen LogP) is 5.61. The molecule has 0 spiro atoms. The largest absolute Gasteiger partial charge is 0.444 e. The molecule has 0 atom stereocenters. The third-order valence-corrected chi connectivity index (χ3v) is 5.07. The van der Waals surface area contributed by atoms with Crippen LogP contribution in [0.3, 0.4) is 0 Å². The molecule has 1 aromatic heterocycles. The highest BCUT2D eigenvalue weighted by Crippen LogP contribution is 2.24. The molecule has 0 unspecified atom stereocenters. The Bertz CT molecular complexity index is 1210. The molecule has 7 heteroatoms. The fourth-order valence-electron chi connectivity index (χ4n) is 2.93. The number of nitrogens with one attached hydrogen (secondary N) is 2. The molecule has 0 saturated heterocycles. The molecule has 30 heavy (non-hydrogen) atoms. The third-order valence-electron chi connectivity index (χ3n) is 4.38. The van der Waals surface area contributed by atoms with Crippen molar-refractivity contribution in [1.29, 1.82) is 0 Å². The molecule has 6 nitrogen and oxygen atoms in total. The van der Waals surface area contributed by atoms with Crippen molar-refractivity contribution in [3.8, 4) is 11.3 Å². The van der Waals surface area contributed by atoms with Crippen LogP contribution < -0.4 is 10.6 Å². The smallest absolute Gasteiger partial charge is 0.257 e. The number of halogens is 1. The summed E-state index contributed by atoms with van der Waals surface area (Å²) in [6, 6.07) is 21.2. The van der Waals surface area contributed by atoms with E-state index >= 15 is 0 Å². The highest BCUT2D eigenvalue weighted by Gasteiger charge is 2.16. The van der Waals surface area contributed by atoms with Gasteiger partial charge in [0.25, 0.3) is 11.8 Å². The SMILES string of the molecule is O=C(Nc1ccccc1C(=O)Nc1cccc(-c2cnco2)c1)c1ccccc1Br. The maximum atomic E-state index is 12.9. The van der Waals surface area contributed by atoms with Gasteiger partial charge in [-0.3, -0.25) is 9.59 Å². The number of amides is 2. The molecule has 2 amide bonds. The molecular formula is C23H16BrN3O3. The van der Waals surface area contributed by atoms with Gasteiger partial charge in [0.05, 0.1) is 23.0 Å². The number of carbonyl (C=O) groups excluding carboxylic acids is 2. The van der Waals surface area contributed by atoms with E-state index in [0.717, 1.165) is 5.56 Å². The zero-order chi connectivity index (χ0) is 20.9. The van der Waals surface area contributed by atoms with Gasteiger partial charge >= 0.3 is 0 Å². The lowest BCUT2D eigenvalue weighted by atomic mass is 10.1. The number of benzene rings is 3. The van der Waals surface area contributed by atoms with E-state index in [1.807, 2.05) is 18.2 Å². The van der Waals surface area contributed by atoms with E-state index in [9.17, 15) is 9.59 Å². The van der Waals surface area contributed by atoms with Crippen LogP contribution in [0.25, 0.3) is 11.3 Å². The van der Waals surface area contributed by atoms with Gasteiger partial charge in [-0.25, -0.2) is 4.98 Å². The minimum absolute atomic E-state index is 0.310. The van der Waals surface area contributed by atoms with Gasteiger partial charge < -0.3 is 15.1 Å². The van der Waals surface area contributed by atoms with Crippen molar-refractivity contribution in [2.45, 2.75) is 0 Å². The van der Waals surface area contributed by atoms with Crippen molar-refractivity contribution in [3.05, 3.63) is 101 Å². The summed E-state index contributed by atoms with van der Waals surface area (Å²) in [5, 5.41) is 5.68. The van der Waals surface area contributed by atoms with E-state index in [4.69, 9.17) is 4.42 Å². The first-order chi connectivity index (χ1) is 14.6. The van der Waals surface area contributed by atoms with Gasteiger partial charge in [-0.1, -0.05) is 36.4 Å². The molecule has 2 N–H and O–H groups in total. The third kappa shape index (κ3) is 4.31. The number of aromatic nitrogens is 1. The van der Waals surface area contributed by atoms with Crippen molar-refractivity contribution in [3.63, 3.8) is 0 Å². The van der Waals surface area contributed by atoms with Crippen molar-refractivity contribution < 1.29 is 14.0 Å². The number of hydrogen-bond donors (Lipinski definition) is 2. The fraction of sp³-hybridized carbons (Fsp3) is 0. The van der Waals surface area contributed by atoms with Crippen LogP contribution in [0.2, 0.25) is 0 Å². The summed E-state index contributed by atoms with van der Waals surface area (Å²) < 4.78 is 5.98. The molecule has 148 valence electrons. The van der Waals surface area contributed by atoms with Gasteiger partial charge in [-0.15, -0.1) is 0 Å². The van der Waals surface area contributed by atoms with Crippen LogP contribution in [-0.2, 0) is 0 Å². The number of carbonyl (C=O) groups is 2. The lowest BCUT2D eigenvalue weighted by molar-refractivity contribution is 0.102. The highest BCUT2D eigenvalue weighted by atomic mass is 79.9. The standard InChI is InChI=1S/C23H16BrN3O3/c24-19-10-3-1-8-17(19)22(28)27-20-11-4-2-9-18(20)23(29)26-16-7-5-6-15(12-16)21-13-25-14-30-21/h1-14H,(H,26,29)(H,27,28). The summed E-state index contributed by atoms with van der Waals surface area (Å²) >= 11 is 3.37. The maximum Gasteiger partial charge on any atom is 0.257 e. The topological polar surface area (TPSA) is 84.2 Å². The zero-order valence-corrected chi connectivity index (χ0v) is 17.2. The normalized spacial score (nSPS) is 10.4. The quantitative estimate of drug-likeness (QED) is 0.404. The Morgan fingerprint density at radius 3 is 2.33 bits per heavy atom. The number of anilines is 2. The van der Waals surface area contributed by atoms with Crippen LogP contribution in [-0.4, -0.2) is 16.8 Å². The van der Waals surface area contributed by atoms with Crippen LogP contribution in [0.1, 0.15) is 20.7 Å². The van der Waals surface area contributed by atoms with Gasteiger partial charge in [0, 0.05) is 15.7 Å². The first-order valence-corrected chi connectivity index (χ1v) is 9.86. The molecule has 4 rings (SSSR count). The zero-order valence-electron chi connectivity index (χ0n) is 15.6. The first-order valence-electron chi connectivity index (χ1n) is 9.07. The van der Waals surface area contributed by atoms with Crippen LogP contribution >= 0.6 is 15.9 Å². The highest BCUT2D eigenvalue weighted by molar-refractivity contribution is 9.10. The molecule has 0 aliphatic carbocycles. The molecule has 0 aliphatic heterocycles. The molecule has 0 radical (unpaired) electrons. The first kappa shape index (κ1) is 19.6. The average molecular weight is 462 g/mol. The summed E-state index contributed by atoms with van der Waals surface area (Å²) in [5.74, 6) is -0.0463. The Balaban J connectivity index is 1.55. The maximum absolute atomic E-state index is 12.9. The Morgan fingerprint density at radius 2 is 1.57 bits per heavy atom. The predicted molar refractivity (Wildman–Crippen MR) is 118 cm³/mol. The van der Waals surface area contributed by atoms with Gasteiger partial charge in [-0.05, 0) is 52.3 Å². The van der Waals surface area contributed by atoms with E-state index in [2.05, 4.69) is 31.5 Å². The van der Waals surface area contributed by atoms with Crippen molar-refractivity contribution in [1.82, 2.24) is 4.98 Å². The average Bonchev–Trinajstić information content (AvgIpc) is 3.29. The van der Waals surface area contributed by atoms with Gasteiger partial charge in [0.2, 0.25) is 0 Å². The monoisotopic (exact) mass is 461 g/mol. The van der Waals surface area contributed by atoms with Gasteiger partial charge in [-0.2, -0.15) is 0 Å². The van der Waals surface area contributed by atoms with Gasteiger partial charge in [0.1, 0.15) is 0 Å². The van der Waals surface area contributed by atoms with Gasteiger partial charge in [0.15, 0.2) is 12.2 Å². The van der Waals surface area contributed by atoms with Crippen molar-refractivity contribution >= 4 is 39.1 Å². The fourth-order valence-corrected chi connectivity index (χ4v) is 3.40. The Hall–Kier alpha value is -3.71. The number of rotatable bonds is 5. The van der Waals surface area contributed by atoms with E-state index in [1.165, 1.54) is 6.39 Å². The van der Waals surface area contributed by atoms with Crippen molar-refractivity contribution in [2.24, 2.45) is 0 Å². The second-order valence-electron chi connectivity index (χ2n) is 6.38. The molecule has 1 heterocycles. The summed E-state index contributed by atoms with van der Waals surface area (Å²) in [4.78, 5) is 29.5. The number of nitrogens with zero attached hydrogens (tertiary/aromatic N) is 1. The minimum atomic E-state index is -0.340. The summed E-state index contributed by atoms with van der Waals surface area (Å²) in [6.45, 7) is 0. The van der Waals surface area contributed by atoms with Crippen LogP contribution in [0, 0.1) is 0 Å². The summed E-state index contributed by atoms with van der Waals surface area (Å²) in [7, 11) is 0. The Morgan fingerprint density at radius 1 is 0.833 bits per heavy atom. The van der Waals surface area contributed by atoms with E-state index in [0.29, 0.717) is 32.7 Å². The molecule has 0 fully saturated rings. The number of hydrogen-bond acceptors (Lipinski definition) is 4. The second kappa shape index (κ2) is 8.75. The van der Waals surface area contributed by atoms with E-state index in [-0.39, 0.29) is 11.8 Å². The van der Waals surface area contributed by atoms with E-state index < -0.39 is 0 Å². The summed E-state index contributed by atoms with van der Waals surface area (Å²) in [6.07, 6.45) is 2.96. The molecular weight excluding hydrogens is 446 g/mol. The lowest BCUT2D eigenvalue weighted by Gasteiger charge is -2.12. The number of oxazole rings is 1. The molecule has 4 aromatic rings. The molecule has 0 bridgehead atoms. The lowest BCUT2D eigenvalue weighted by Crippen LogP contribution is -2.18. The Labute approximate surface area is 181 Å². The Kier molecular flexibility index (Phi) is 5.72. The number of para-hydroxylation sites is 1. The molecule has 0 saturated carbocycles. The molecule has 3 aromatic carbocycles. The van der Waals surface area contributed by atoms with E-state index in [1.54, 1.807) is 60.8 Å². The molecule has 0 aliphatic rings.